The number of rotatable bonds is 12. The molecule has 27 heavy (non-hydrogen) atoms. The number of hydrogen-bond acceptors (Lipinski definition) is 4. The van der Waals surface area contributed by atoms with Crippen molar-refractivity contribution in [3.8, 4) is 5.75 Å². The average molecular weight is 391 g/mol. The molecule has 0 N–H and O–H groups in total. The van der Waals surface area contributed by atoms with E-state index < -0.39 is 16.4 Å². The van der Waals surface area contributed by atoms with Crippen molar-refractivity contribution in [2.75, 3.05) is 7.11 Å². The van der Waals surface area contributed by atoms with Crippen LogP contribution in [0.1, 0.15) is 63.2 Å². The van der Waals surface area contributed by atoms with Crippen molar-refractivity contribution in [1.82, 2.24) is 0 Å². The van der Waals surface area contributed by atoms with Gasteiger partial charge >= 0.3 is 5.63 Å². The Morgan fingerprint density at radius 1 is 1.00 bits per heavy atom. The van der Waals surface area contributed by atoms with E-state index in [9.17, 15) is 9.00 Å². The molecule has 0 bridgehead atoms. The van der Waals surface area contributed by atoms with Crippen molar-refractivity contribution in [2.24, 2.45) is 0 Å². The predicted molar refractivity (Wildman–Crippen MR) is 110 cm³/mol. The summed E-state index contributed by atoms with van der Waals surface area (Å²) in [6, 6.07) is 10.9. The van der Waals surface area contributed by atoms with Gasteiger partial charge in [-0.2, -0.15) is 0 Å². The minimum atomic E-state index is -1.31. The summed E-state index contributed by atoms with van der Waals surface area (Å²) < 4.78 is 23.4. The Morgan fingerprint density at radius 3 is 2.33 bits per heavy atom. The van der Waals surface area contributed by atoms with Gasteiger partial charge in [-0.25, -0.2) is 4.79 Å². The number of aryl methyl sites for hydroxylation is 1. The van der Waals surface area contributed by atoms with Gasteiger partial charge in [0.1, 0.15) is 11.5 Å². The molecule has 0 spiro atoms. The van der Waals surface area contributed by atoms with E-state index in [1.165, 1.54) is 39.2 Å². The Hall–Kier alpha value is -1.88. The molecular formula is C22H30O4S. The van der Waals surface area contributed by atoms with E-state index in [2.05, 4.69) is 6.92 Å². The predicted octanol–water partition coefficient (Wildman–Crippen LogP) is 5.25. The van der Waals surface area contributed by atoms with Crippen LogP contribution in [0.25, 0.3) is 0 Å². The molecule has 0 radical (unpaired) electrons. The van der Waals surface area contributed by atoms with Gasteiger partial charge in [-0.1, -0.05) is 63.6 Å². The molecule has 0 saturated carbocycles. The Kier molecular flexibility index (Phi) is 9.32. The van der Waals surface area contributed by atoms with Gasteiger partial charge in [0.15, 0.2) is 0 Å². The average Bonchev–Trinajstić information content (AvgIpc) is 2.69. The molecular weight excluding hydrogens is 360 g/mol. The van der Waals surface area contributed by atoms with Gasteiger partial charge < -0.3 is 9.15 Å². The smallest absolute Gasteiger partial charge is 0.343 e. The van der Waals surface area contributed by atoms with Crippen LogP contribution in [0.4, 0.5) is 0 Å². The lowest BCUT2D eigenvalue weighted by Gasteiger charge is -2.09. The maximum atomic E-state index is 12.5. The normalized spacial score (nSPS) is 12.1. The summed E-state index contributed by atoms with van der Waals surface area (Å²) in [7, 11) is 0.215. The second-order valence-corrected chi connectivity index (χ2v) is 8.17. The standard InChI is InChI=1S/C22H30O4S/c1-3-4-5-6-7-8-10-13-18-16-21(25-2)20(22(23)26-18)17-27(24)19-14-11-9-12-15-19/h9,11-12,14-16H,3-8,10,13,17H2,1-2H3. The second-order valence-electron chi connectivity index (χ2n) is 6.72. The van der Waals surface area contributed by atoms with Crippen LogP contribution in [0.3, 0.4) is 0 Å². The summed E-state index contributed by atoms with van der Waals surface area (Å²) in [6.07, 6.45) is 9.20. The third-order valence-corrected chi connectivity index (χ3v) is 5.94. The molecule has 1 atom stereocenters. The minimum absolute atomic E-state index is 0.0905. The summed E-state index contributed by atoms with van der Waals surface area (Å²) in [5, 5.41) is 0. The fourth-order valence-electron chi connectivity index (χ4n) is 3.02. The second kappa shape index (κ2) is 11.8. The molecule has 1 unspecified atom stereocenters. The van der Waals surface area contributed by atoms with Gasteiger partial charge in [0.05, 0.1) is 29.2 Å². The first-order chi connectivity index (χ1) is 13.2. The van der Waals surface area contributed by atoms with Crippen LogP contribution in [-0.2, 0) is 23.0 Å². The molecule has 148 valence electrons. The molecule has 5 heteroatoms. The number of benzene rings is 1. The first-order valence-electron chi connectivity index (χ1n) is 9.79. The third-order valence-electron chi connectivity index (χ3n) is 4.59. The lowest BCUT2D eigenvalue weighted by Crippen LogP contribution is -2.13. The molecule has 4 nitrogen and oxygen atoms in total. The molecule has 2 aromatic rings. The maximum absolute atomic E-state index is 12.5. The zero-order valence-corrected chi connectivity index (χ0v) is 17.2. The Balaban J connectivity index is 1.96. The van der Waals surface area contributed by atoms with E-state index in [1.807, 2.05) is 18.2 Å². The molecule has 1 heterocycles. The Morgan fingerprint density at radius 2 is 1.67 bits per heavy atom. The number of methoxy groups -OCH3 is 1. The first-order valence-corrected chi connectivity index (χ1v) is 11.1. The quantitative estimate of drug-likeness (QED) is 0.465. The van der Waals surface area contributed by atoms with E-state index in [1.54, 1.807) is 18.2 Å². The van der Waals surface area contributed by atoms with Crippen LogP contribution in [0.15, 0.2) is 50.5 Å². The van der Waals surface area contributed by atoms with E-state index in [-0.39, 0.29) is 5.75 Å². The first kappa shape index (κ1) is 21.4. The third kappa shape index (κ3) is 6.98. The van der Waals surface area contributed by atoms with Crippen LogP contribution in [-0.4, -0.2) is 11.3 Å². The van der Waals surface area contributed by atoms with Crippen LogP contribution < -0.4 is 10.4 Å². The summed E-state index contributed by atoms with van der Waals surface area (Å²) in [5.74, 6) is 1.20. The van der Waals surface area contributed by atoms with E-state index >= 15 is 0 Å². The molecule has 0 aliphatic carbocycles. The van der Waals surface area contributed by atoms with Gasteiger partial charge in [0.25, 0.3) is 0 Å². The highest BCUT2D eigenvalue weighted by Crippen LogP contribution is 2.21. The van der Waals surface area contributed by atoms with Crippen molar-refractivity contribution in [1.29, 1.82) is 0 Å². The highest BCUT2D eigenvalue weighted by atomic mass is 32.2. The van der Waals surface area contributed by atoms with Gasteiger partial charge in [0, 0.05) is 17.4 Å². The molecule has 1 aromatic carbocycles. The van der Waals surface area contributed by atoms with E-state index in [4.69, 9.17) is 9.15 Å². The van der Waals surface area contributed by atoms with Crippen LogP contribution in [0.2, 0.25) is 0 Å². The number of hydrogen-bond donors (Lipinski definition) is 0. The van der Waals surface area contributed by atoms with Crippen LogP contribution >= 0.6 is 0 Å². The Bertz CT molecular complexity index is 768. The maximum Gasteiger partial charge on any atom is 0.343 e. The minimum Gasteiger partial charge on any atom is -0.496 e. The largest absolute Gasteiger partial charge is 0.496 e. The number of ether oxygens (including phenoxy) is 1. The van der Waals surface area contributed by atoms with Gasteiger partial charge in [-0.05, 0) is 18.6 Å². The van der Waals surface area contributed by atoms with E-state index in [0.717, 1.165) is 19.3 Å². The highest BCUT2D eigenvalue weighted by molar-refractivity contribution is 7.84. The summed E-state index contributed by atoms with van der Waals surface area (Å²) >= 11 is 0. The van der Waals surface area contributed by atoms with Gasteiger partial charge in [0.2, 0.25) is 0 Å². The molecule has 0 fully saturated rings. The molecule has 0 amide bonds. The number of unbranched alkanes of at least 4 members (excludes halogenated alkanes) is 6. The van der Waals surface area contributed by atoms with Crippen molar-refractivity contribution in [2.45, 2.75) is 68.9 Å². The zero-order chi connectivity index (χ0) is 19.5. The monoisotopic (exact) mass is 390 g/mol. The zero-order valence-electron chi connectivity index (χ0n) is 16.4. The SMILES string of the molecule is CCCCCCCCCc1cc(OC)c(CS(=O)c2ccccc2)c(=O)o1. The lowest BCUT2D eigenvalue weighted by molar-refractivity contribution is 0.383. The summed E-state index contributed by atoms with van der Waals surface area (Å²) in [6.45, 7) is 2.22. The summed E-state index contributed by atoms with van der Waals surface area (Å²) in [5.41, 5.74) is -0.112. The fraction of sp³-hybridized carbons (Fsp3) is 0.500. The molecule has 2 rings (SSSR count). The van der Waals surface area contributed by atoms with Crippen molar-refractivity contribution < 1.29 is 13.4 Å². The van der Waals surface area contributed by atoms with Crippen molar-refractivity contribution in [3.63, 3.8) is 0 Å². The van der Waals surface area contributed by atoms with E-state index in [0.29, 0.717) is 22.0 Å². The van der Waals surface area contributed by atoms with Crippen LogP contribution in [0.5, 0.6) is 5.75 Å². The summed E-state index contributed by atoms with van der Waals surface area (Å²) in [4.78, 5) is 13.1. The van der Waals surface area contributed by atoms with Gasteiger partial charge in [-0.15, -0.1) is 0 Å². The molecule has 1 aromatic heterocycles. The van der Waals surface area contributed by atoms with Crippen molar-refractivity contribution >= 4 is 10.8 Å². The van der Waals surface area contributed by atoms with Crippen LogP contribution in [0, 0.1) is 0 Å². The molecule has 0 saturated heterocycles. The highest BCUT2D eigenvalue weighted by Gasteiger charge is 2.16. The molecule has 0 aliphatic heterocycles. The Labute approximate surface area is 164 Å². The van der Waals surface area contributed by atoms with Gasteiger partial charge in [-0.3, -0.25) is 4.21 Å². The topological polar surface area (TPSA) is 56.5 Å². The fourth-order valence-corrected chi connectivity index (χ4v) is 4.17. The lowest BCUT2D eigenvalue weighted by atomic mass is 10.1. The molecule has 0 aliphatic rings. The van der Waals surface area contributed by atoms with Crippen molar-refractivity contribution in [3.05, 3.63) is 58.1 Å².